The van der Waals surface area contributed by atoms with E-state index in [1.807, 2.05) is 13.1 Å². The Morgan fingerprint density at radius 3 is 3.06 bits per heavy atom. The summed E-state index contributed by atoms with van der Waals surface area (Å²) in [7, 11) is 1.90. The van der Waals surface area contributed by atoms with Crippen molar-refractivity contribution in [3.63, 3.8) is 0 Å². The average Bonchev–Trinajstić information content (AvgIpc) is 2.29. The molecule has 0 aliphatic carbocycles. The lowest BCUT2D eigenvalue weighted by Gasteiger charge is -2.27. The number of carbonyl (C=O) groups excluding carboxylic acids is 1. The molecule has 0 saturated heterocycles. The molecule has 0 fully saturated rings. The van der Waals surface area contributed by atoms with Gasteiger partial charge < -0.3 is 5.32 Å². The Balaban J connectivity index is 2.37. The van der Waals surface area contributed by atoms with Gasteiger partial charge in [0.2, 0.25) is 5.91 Å². The molecule has 0 radical (unpaired) electrons. The monoisotopic (exact) mass is 256 g/mol. The summed E-state index contributed by atoms with van der Waals surface area (Å²) in [5.41, 5.74) is 2.09. The first kappa shape index (κ1) is 11.8. The van der Waals surface area contributed by atoms with E-state index in [0.717, 1.165) is 22.7 Å². The summed E-state index contributed by atoms with van der Waals surface area (Å²) in [4.78, 5) is 14.4. The maximum absolute atomic E-state index is 11.7. The summed E-state index contributed by atoms with van der Waals surface area (Å²) in [6.07, 6.45) is 0. The molecule has 0 spiro atoms. The minimum Gasteiger partial charge on any atom is -0.316 e. The number of alkyl halides is 1. The van der Waals surface area contributed by atoms with Crippen LogP contribution in [0.1, 0.15) is 5.56 Å². The maximum Gasteiger partial charge on any atom is 0.238 e. The van der Waals surface area contributed by atoms with Gasteiger partial charge in [-0.2, -0.15) is 0 Å². The van der Waals surface area contributed by atoms with E-state index in [0.29, 0.717) is 5.75 Å². The number of fused-ring (bicyclic) bond motifs is 1. The van der Waals surface area contributed by atoms with Gasteiger partial charge in [0.15, 0.2) is 0 Å². The number of hydrogen-bond acceptors (Lipinski definition) is 3. The van der Waals surface area contributed by atoms with Crippen LogP contribution >= 0.6 is 23.4 Å². The number of nitrogens with zero attached hydrogens (tertiary/aromatic N) is 1. The molecular weight excluding hydrogens is 244 g/mol. The second-order valence-electron chi connectivity index (χ2n) is 3.56. The molecule has 1 aromatic carbocycles. The fraction of sp³-hybridized carbons (Fsp3) is 0.364. The van der Waals surface area contributed by atoms with Crippen molar-refractivity contribution >= 4 is 35.0 Å². The molecule has 1 N–H and O–H groups in total. The van der Waals surface area contributed by atoms with Gasteiger partial charge >= 0.3 is 0 Å². The molecule has 86 valence electrons. The van der Waals surface area contributed by atoms with Crippen molar-refractivity contribution in [1.82, 2.24) is 5.32 Å². The first-order chi connectivity index (χ1) is 7.76. The van der Waals surface area contributed by atoms with E-state index in [2.05, 4.69) is 17.4 Å². The first-order valence-corrected chi connectivity index (χ1v) is 6.55. The number of halogens is 1. The zero-order valence-electron chi connectivity index (χ0n) is 9.00. The molecule has 1 aliphatic heterocycles. The standard InChI is InChI=1S/C11H13ClN2OS/c1-13-5-8-2-3-10-9(4-8)14(7-12)11(15)6-16-10/h2-4,13H,5-7H2,1H3. The summed E-state index contributed by atoms with van der Waals surface area (Å²) in [6.45, 7) is 0.794. The van der Waals surface area contributed by atoms with E-state index >= 15 is 0 Å². The van der Waals surface area contributed by atoms with Crippen LogP contribution in [0.5, 0.6) is 0 Å². The summed E-state index contributed by atoms with van der Waals surface area (Å²) >= 11 is 7.39. The van der Waals surface area contributed by atoms with Crippen molar-refractivity contribution in [2.24, 2.45) is 0 Å². The van der Waals surface area contributed by atoms with Gasteiger partial charge in [0, 0.05) is 11.4 Å². The minimum atomic E-state index is 0.0779. The zero-order valence-corrected chi connectivity index (χ0v) is 10.6. The molecule has 1 aliphatic rings. The number of benzene rings is 1. The van der Waals surface area contributed by atoms with Crippen LogP contribution in [0.4, 0.5) is 5.69 Å². The third kappa shape index (κ3) is 2.19. The Kier molecular flexibility index (Phi) is 3.74. The number of hydrogen-bond donors (Lipinski definition) is 1. The number of amides is 1. The third-order valence-corrected chi connectivity index (χ3v) is 3.75. The molecule has 0 aromatic heterocycles. The fourth-order valence-corrected chi connectivity index (χ4v) is 2.87. The van der Waals surface area contributed by atoms with Crippen molar-refractivity contribution in [3.8, 4) is 0 Å². The molecule has 0 unspecified atom stereocenters. The second-order valence-corrected chi connectivity index (χ2v) is 4.82. The quantitative estimate of drug-likeness (QED) is 0.664. The highest BCUT2D eigenvalue weighted by Crippen LogP contribution is 2.36. The normalized spacial score (nSPS) is 15.1. The number of rotatable bonds is 3. The molecule has 2 rings (SSSR count). The van der Waals surface area contributed by atoms with Crippen molar-refractivity contribution in [3.05, 3.63) is 23.8 Å². The van der Waals surface area contributed by atoms with Crippen molar-refractivity contribution in [1.29, 1.82) is 0 Å². The maximum atomic E-state index is 11.7. The van der Waals surface area contributed by atoms with E-state index in [1.54, 1.807) is 16.7 Å². The largest absolute Gasteiger partial charge is 0.316 e. The molecular formula is C11H13ClN2OS. The molecule has 1 aromatic rings. The lowest BCUT2D eigenvalue weighted by atomic mass is 10.2. The molecule has 1 amide bonds. The van der Waals surface area contributed by atoms with E-state index in [-0.39, 0.29) is 11.9 Å². The third-order valence-electron chi connectivity index (χ3n) is 2.47. The summed E-state index contributed by atoms with van der Waals surface area (Å²) < 4.78 is 0. The predicted molar refractivity (Wildman–Crippen MR) is 68.1 cm³/mol. The number of anilines is 1. The fourth-order valence-electron chi connectivity index (χ4n) is 1.69. The van der Waals surface area contributed by atoms with Crippen LogP contribution in [0.25, 0.3) is 0 Å². The predicted octanol–water partition coefficient (Wildman–Crippen LogP) is 2.04. The van der Waals surface area contributed by atoms with E-state index < -0.39 is 0 Å². The lowest BCUT2D eigenvalue weighted by molar-refractivity contribution is -0.116. The van der Waals surface area contributed by atoms with E-state index in [1.165, 1.54) is 0 Å². The van der Waals surface area contributed by atoms with Crippen LogP contribution in [0.2, 0.25) is 0 Å². The highest BCUT2D eigenvalue weighted by Gasteiger charge is 2.23. The van der Waals surface area contributed by atoms with Crippen molar-refractivity contribution < 1.29 is 4.79 Å². The highest BCUT2D eigenvalue weighted by atomic mass is 35.5. The first-order valence-electron chi connectivity index (χ1n) is 5.03. The Morgan fingerprint density at radius 2 is 2.38 bits per heavy atom. The van der Waals surface area contributed by atoms with Gasteiger partial charge in [-0.1, -0.05) is 6.07 Å². The Hall–Kier alpha value is -0.710. The molecule has 0 bridgehead atoms. The van der Waals surface area contributed by atoms with E-state index in [4.69, 9.17) is 11.6 Å². The summed E-state index contributed by atoms with van der Waals surface area (Å²) in [6, 6.07) is 6.37. The van der Waals surface area contributed by atoms with E-state index in [9.17, 15) is 4.79 Å². The van der Waals surface area contributed by atoms with Crippen LogP contribution in [0, 0.1) is 0 Å². The van der Waals surface area contributed by atoms with Gasteiger partial charge in [0.05, 0.1) is 11.4 Å². The molecule has 5 heteroatoms. The van der Waals surface area contributed by atoms with Crippen LogP contribution in [-0.2, 0) is 11.3 Å². The molecule has 0 saturated carbocycles. The SMILES string of the molecule is CNCc1ccc2c(c1)N(CCl)C(=O)CS2. The van der Waals surface area contributed by atoms with Crippen molar-refractivity contribution in [2.45, 2.75) is 11.4 Å². The Labute approximate surface area is 104 Å². The van der Waals surface area contributed by atoms with Gasteiger partial charge in [-0.3, -0.25) is 9.69 Å². The smallest absolute Gasteiger partial charge is 0.238 e. The Morgan fingerprint density at radius 1 is 1.56 bits per heavy atom. The van der Waals surface area contributed by atoms with Gasteiger partial charge in [-0.25, -0.2) is 0 Å². The number of nitrogens with one attached hydrogen (secondary N) is 1. The zero-order chi connectivity index (χ0) is 11.5. The Bertz CT molecular complexity index is 411. The topological polar surface area (TPSA) is 32.3 Å². The van der Waals surface area contributed by atoms with Crippen molar-refractivity contribution in [2.75, 3.05) is 23.7 Å². The minimum absolute atomic E-state index is 0.0779. The number of thioether (sulfide) groups is 1. The molecule has 3 nitrogen and oxygen atoms in total. The molecule has 1 heterocycles. The van der Waals surface area contributed by atoms with Crippen LogP contribution < -0.4 is 10.2 Å². The lowest BCUT2D eigenvalue weighted by Crippen LogP contribution is -2.34. The van der Waals surface area contributed by atoms with Gasteiger partial charge in [-0.05, 0) is 24.7 Å². The summed E-state index contributed by atoms with van der Waals surface area (Å²) in [5, 5.41) is 3.09. The van der Waals surface area contributed by atoms with Gasteiger partial charge in [0.25, 0.3) is 0 Å². The van der Waals surface area contributed by atoms with Crippen LogP contribution in [0.3, 0.4) is 0 Å². The van der Waals surface area contributed by atoms with Crippen LogP contribution in [-0.4, -0.2) is 24.7 Å². The number of carbonyl (C=O) groups is 1. The highest BCUT2D eigenvalue weighted by molar-refractivity contribution is 8.00. The van der Waals surface area contributed by atoms with Crippen LogP contribution in [0.15, 0.2) is 23.1 Å². The average molecular weight is 257 g/mol. The second kappa shape index (κ2) is 5.08. The molecule has 16 heavy (non-hydrogen) atoms. The molecule has 0 atom stereocenters. The van der Waals surface area contributed by atoms with Gasteiger partial charge in [0.1, 0.15) is 6.00 Å². The summed E-state index contributed by atoms with van der Waals surface area (Å²) in [5.74, 6) is 0.555. The van der Waals surface area contributed by atoms with Gasteiger partial charge in [-0.15, -0.1) is 23.4 Å².